The van der Waals surface area contributed by atoms with Crippen LogP contribution in [0.15, 0.2) is 120 Å². The second-order valence-electron chi connectivity index (χ2n) is 13.7. The second kappa shape index (κ2) is 16.7. The highest BCUT2D eigenvalue weighted by atomic mass is 16.4. The summed E-state index contributed by atoms with van der Waals surface area (Å²) < 4.78 is 6.12. The normalized spacial score (nSPS) is 17.7. The Morgan fingerprint density at radius 2 is 1.23 bits per heavy atom. The topological polar surface area (TPSA) is 108 Å². The number of amides is 3. The summed E-state index contributed by atoms with van der Waals surface area (Å²) in [7, 11) is 0. The van der Waals surface area contributed by atoms with Crippen LogP contribution in [0.2, 0.25) is 0 Å². The van der Waals surface area contributed by atoms with Crippen LogP contribution in [-0.2, 0) is 27.2 Å². The van der Waals surface area contributed by atoms with Gasteiger partial charge in [-0.25, -0.2) is 4.98 Å². The molecule has 266 valence electrons. The first-order valence-corrected chi connectivity index (χ1v) is 18.4. The molecule has 52 heavy (non-hydrogen) atoms. The summed E-state index contributed by atoms with van der Waals surface area (Å²) >= 11 is 0. The molecule has 0 radical (unpaired) electrons. The van der Waals surface area contributed by atoms with Gasteiger partial charge in [-0.15, -0.1) is 0 Å². The van der Waals surface area contributed by atoms with Gasteiger partial charge in [-0.05, 0) is 105 Å². The van der Waals surface area contributed by atoms with Crippen LogP contribution in [0.3, 0.4) is 0 Å². The Morgan fingerprint density at radius 1 is 0.654 bits per heavy atom. The predicted molar refractivity (Wildman–Crippen MR) is 203 cm³/mol. The molecule has 2 aliphatic rings. The number of nitrogens with one attached hydrogen (secondary N) is 2. The average molecular weight is 696 g/mol. The van der Waals surface area contributed by atoms with Crippen molar-refractivity contribution >= 4 is 29.1 Å². The number of anilines is 2. The summed E-state index contributed by atoms with van der Waals surface area (Å²) in [5.74, 6) is 0.910. The van der Waals surface area contributed by atoms with Crippen molar-refractivity contribution in [1.82, 2.24) is 14.8 Å². The Balaban J connectivity index is 0.931. The maximum Gasteiger partial charge on any atom is 0.247 e. The highest BCUT2D eigenvalue weighted by Gasteiger charge is 2.32. The lowest BCUT2D eigenvalue weighted by Gasteiger charge is -2.34. The van der Waals surface area contributed by atoms with Crippen molar-refractivity contribution < 1.29 is 18.8 Å². The Kier molecular flexibility index (Phi) is 11.2. The summed E-state index contributed by atoms with van der Waals surface area (Å²) in [6.45, 7) is 2.39. The summed E-state index contributed by atoms with van der Waals surface area (Å²) in [6.07, 6.45) is 8.39. The van der Waals surface area contributed by atoms with E-state index in [2.05, 4.69) is 44.8 Å². The lowest BCUT2D eigenvalue weighted by atomic mass is 9.99. The standard InChI is InChI=1S/C43H45N5O4/c49-40(29-32-13-5-2-6-14-32)48-27-10-8-16-38(48)42(51)46-36-23-19-34(20-24-36)43-44-30-39(52-43)33-17-21-35(22-18-33)45-41(50)37-15-7-9-26-47(37)28-25-31-11-3-1-4-12-31/h1-6,11-14,17-24,30,37-38H,7-10,15-16,25-29H2,(H,45,50)(H,46,51). The molecule has 2 aliphatic heterocycles. The van der Waals surface area contributed by atoms with Gasteiger partial charge in [0, 0.05) is 35.6 Å². The van der Waals surface area contributed by atoms with Gasteiger partial charge in [-0.2, -0.15) is 0 Å². The summed E-state index contributed by atoms with van der Waals surface area (Å²) in [4.78, 5) is 48.4. The van der Waals surface area contributed by atoms with Crippen LogP contribution < -0.4 is 10.6 Å². The minimum atomic E-state index is -0.495. The Bertz CT molecular complexity index is 1940. The molecule has 9 heteroatoms. The number of aromatic nitrogens is 1. The SMILES string of the molecule is O=C(Nc1ccc(-c2cnc(-c3ccc(NC(=O)C4CCCCN4C(=O)Cc4ccccc4)cc3)o2)cc1)C1CCCCN1CCc1ccccc1. The Hall–Kier alpha value is -5.54. The fourth-order valence-electron chi connectivity index (χ4n) is 7.25. The van der Waals surface area contributed by atoms with Gasteiger partial charge in [0.2, 0.25) is 23.6 Å². The Labute approximate surface area is 305 Å². The van der Waals surface area contributed by atoms with E-state index in [0.29, 0.717) is 30.3 Å². The number of oxazole rings is 1. The van der Waals surface area contributed by atoms with E-state index in [1.165, 1.54) is 5.56 Å². The number of benzene rings is 4. The average Bonchev–Trinajstić information content (AvgIpc) is 3.69. The van der Waals surface area contributed by atoms with Crippen LogP contribution in [0.1, 0.15) is 49.7 Å². The number of rotatable bonds is 11. The summed E-state index contributed by atoms with van der Waals surface area (Å²) in [5, 5.41) is 6.14. The zero-order valence-electron chi connectivity index (χ0n) is 29.4. The van der Waals surface area contributed by atoms with Gasteiger partial charge < -0.3 is 20.0 Å². The van der Waals surface area contributed by atoms with Gasteiger partial charge in [0.1, 0.15) is 6.04 Å². The molecule has 3 heterocycles. The van der Waals surface area contributed by atoms with E-state index in [9.17, 15) is 14.4 Å². The third-order valence-corrected chi connectivity index (χ3v) is 10.1. The second-order valence-corrected chi connectivity index (χ2v) is 13.7. The molecule has 0 saturated carbocycles. The predicted octanol–water partition coefficient (Wildman–Crippen LogP) is 7.61. The fourth-order valence-corrected chi connectivity index (χ4v) is 7.25. The van der Waals surface area contributed by atoms with Crippen molar-refractivity contribution in [2.45, 2.75) is 63.5 Å². The molecule has 0 spiro atoms. The van der Waals surface area contributed by atoms with Gasteiger partial charge in [0.25, 0.3) is 0 Å². The zero-order valence-corrected chi connectivity index (χ0v) is 29.4. The molecule has 0 bridgehead atoms. The van der Waals surface area contributed by atoms with Gasteiger partial charge in [0.15, 0.2) is 5.76 Å². The molecule has 0 aliphatic carbocycles. The molecule has 2 N–H and O–H groups in total. The van der Waals surface area contributed by atoms with Crippen LogP contribution in [0.5, 0.6) is 0 Å². The van der Waals surface area contributed by atoms with Crippen LogP contribution in [0, 0.1) is 0 Å². The van der Waals surface area contributed by atoms with Crippen LogP contribution >= 0.6 is 0 Å². The molecule has 5 aromatic rings. The molecular weight excluding hydrogens is 651 g/mol. The number of likely N-dealkylation sites (tertiary alicyclic amines) is 2. The van der Waals surface area contributed by atoms with E-state index in [4.69, 9.17) is 4.42 Å². The smallest absolute Gasteiger partial charge is 0.247 e. The largest absolute Gasteiger partial charge is 0.436 e. The molecule has 2 saturated heterocycles. The van der Waals surface area contributed by atoms with Crippen molar-refractivity contribution in [2.24, 2.45) is 0 Å². The van der Waals surface area contributed by atoms with Gasteiger partial charge in [0.05, 0.1) is 18.7 Å². The molecule has 7 rings (SSSR count). The van der Waals surface area contributed by atoms with Crippen molar-refractivity contribution in [3.05, 3.63) is 127 Å². The number of nitrogens with zero attached hydrogens (tertiary/aromatic N) is 3. The van der Waals surface area contributed by atoms with E-state index >= 15 is 0 Å². The number of hydrogen-bond acceptors (Lipinski definition) is 6. The minimum Gasteiger partial charge on any atom is -0.436 e. The van der Waals surface area contributed by atoms with E-state index in [-0.39, 0.29) is 30.2 Å². The maximum atomic E-state index is 13.4. The lowest BCUT2D eigenvalue weighted by Crippen LogP contribution is -2.50. The number of carbonyl (C=O) groups excluding carboxylic acids is 3. The first kappa shape index (κ1) is 34.9. The number of carbonyl (C=O) groups is 3. The molecule has 2 atom stereocenters. The van der Waals surface area contributed by atoms with Gasteiger partial charge in [-0.1, -0.05) is 67.1 Å². The van der Waals surface area contributed by atoms with E-state index in [1.54, 1.807) is 11.1 Å². The maximum absolute atomic E-state index is 13.4. The van der Waals surface area contributed by atoms with E-state index in [1.807, 2.05) is 84.9 Å². The van der Waals surface area contributed by atoms with E-state index < -0.39 is 6.04 Å². The highest BCUT2D eigenvalue weighted by Crippen LogP contribution is 2.29. The fraction of sp³-hybridized carbons (Fsp3) is 0.302. The van der Waals surface area contributed by atoms with Crippen molar-refractivity contribution in [1.29, 1.82) is 0 Å². The van der Waals surface area contributed by atoms with Crippen molar-refractivity contribution in [3.8, 4) is 22.8 Å². The van der Waals surface area contributed by atoms with Gasteiger partial charge in [-0.3, -0.25) is 19.3 Å². The first-order valence-electron chi connectivity index (χ1n) is 18.4. The van der Waals surface area contributed by atoms with Crippen LogP contribution in [-0.4, -0.2) is 64.2 Å². The first-order chi connectivity index (χ1) is 25.5. The number of piperidine rings is 2. The molecule has 3 amide bonds. The molecule has 2 unspecified atom stereocenters. The molecule has 4 aromatic carbocycles. The number of hydrogen-bond donors (Lipinski definition) is 2. The molecular formula is C43H45N5O4. The van der Waals surface area contributed by atoms with Crippen LogP contribution in [0.25, 0.3) is 22.8 Å². The third-order valence-electron chi connectivity index (χ3n) is 10.1. The highest BCUT2D eigenvalue weighted by molar-refractivity contribution is 5.98. The van der Waals surface area contributed by atoms with E-state index in [0.717, 1.165) is 74.0 Å². The van der Waals surface area contributed by atoms with Gasteiger partial charge >= 0.3 is 0 Å². The molecule has 2 fully saturated rings. The quantitative estimate of drug-likeness (QED) is 0.147. The molecule has 1 aromatic heterocycles. The Morgan fingerprint density at radius 3 is 1.90 bits per heavy atom. The molecule has 9 nitrogen and oxygen atoms in total. The minimum absolute atomic E-state index is 0.0265. The zero-order chi connectivity index (χ0) is 35.7. The van der Waals surface area contributed by atoms with Crippen molar-refractivity contribution in [3.63, 3.8) is 0 Å². The van der Waals surface area contributed by atoms with Crippen molar-refractivity contribution in [2.75, 3.05) is 30.3 Å². The summed E-state index contributed by atoms with van der Waals surface area (Å²) in [6, 6.07) is 34.4. The van der Waals surface area contributed by atoms with Crippen LogP contribution in [0.4, 0.5) is 11.4 Å². The summed E-state index contributed by atoms with van der Waals surface area (Å²) in [5.41, 5.74) is 5.25. The monoisotopic (exact) mass is 695 g/mol. The lowest BCUT2D eigenvalue weighted by molar-refractivity contribution is -0.139. The third kappa shape index (κ3) is 8.66.